The minimum absolute atomic E-state index is 0.0286. The molecule has 0 aromatic carbocycles. The van der Waals surface area contributed by atoms with E-state index in [-0.39, 0.29) is 34.5 Å². The molecule has 11 heteroatoms. The molecule has 0 unspecified atom stereocenters. The lowest BCUT2D eigenvalue weighted by Crippen LogP contribution is -2.27. The fraction of sp³-hybridized carbons (Fsp3) is 0.500. The van der Waals surface area contributed by atoms with E-state index in [0.717, 1.165) is 10.4 Å². The van der Waals surface area contributed by atoms with Gasteiger partial charge in [-0.3, -0.25) is 10.1 Å². The second-order valence-electron chi connectivity index (χ2n) is 3.58. The van der Waals surface area contributed by atoms with E-state index in [1.54, 1.807) is 0 Å². The molecule has 4 N–H and O–H groups in total. The highest BCUT2D eigenvalue weighted by Gasteiger charge is 2.28. The van der Waals surface area contributed by atoms with Gasteiger partial charge < -0.3 is 10.5 Å². The Morgan fingerprint density at radius 1 is 1.63 bits per heavy atom. The average molecular weight is 310 g/mol. The van der Waals surface area contributed by atoms with Gasteiger partial charge >= 0.3 is 5.69 Å². The quantitative estimate of drug-likeness (QED) is 0.364. The number of hydrogen-bond donors (Lipinski definition) is 3. The number of nitrogen functional groups attached to an aromatic ring is 1. The summed E-state index contributed by atoms with van der Waals surface area (Å²) in [7, 11) is -2.48. The fourth-order valence-electron chi connectivity index (χ4n) is 1.29. The maximum Gasteiger partial charge on any atom is 0.306 e. The maximum atomic E-state index is 12.1. The van der Waals surface area contributed by atoms with Crippen LogP contribution in [0, 0.1) is 10.1 Å². The number of thiophene rings is 1. The van der Waals surface area contributed by atoms with Crippen molar-refractivity contribution < 1.29 is 18.4 Å². The highest BCUT2D eigenvalue weighted by Crippen LogP contribution is 2.37. The molecule has 108 valence electrons. The lowest BCUT2D eigenvalue weighted by molar-refractivity contribution is -0.383. The minimum Gasteiger partial charge on any atom is -0.396 e. The Bertz CT molecular complexity index is 555. The molecule has 0 aliphatic heterocycles. The molecule has 1 aromatic heterocycles. The molecule has 0 aliphatic carbocycles. The Morgan fingerprint density at radius 3 is 2.68 bits per heavy atom. The standard InChI is InChI=1S/C8H14N4O5S2/c1-11(3-2-4-13)19(16,17)7-5-6(12(14)15)8(10-9)18-7/h5,10,13H,2-4,9H2,1H3. The van der Waals surface area contributed by atoms with Crippen LogP contribution >= 0.6 is 11.3 Å². The summed E-state index contributed by atoms with van der Waals surface area (Å²) in [5.74, 6) is 5.12. The summed E-state index contributed by atoms with van der Waals surface area (Å²) in [6.45, 7) is -0.0179. The van der Waals surface area contributed by atoms with Crippen LogP contribution in [0.1, 0.15) is 6.42 Å². The number of rotatable bonds is 7. The van der Waals surface area contributed by atoms with Gasteiger partial charge in [-0.05, 0) is 6.42 Å². The number of hydrogen-bond acceptors (Lipinski definition) is 8. The molecule has 1 rings (SSSR count). The Morgan fingerprint density at radius 2 is 2.26 bits per heavy atom. The third-order valence-electron chi connectivity index (χ3n) is 2.31. The van der Waals surface area contributed by atoms with Gasteiger partial charge in [-0.25, -0.2) is 18.6 Å². The van der Waals surface area contributed by atoms with Crippen molar-refractivity contribution in [3.05, 3.63) is 16.2 Å². The molecule has 0 amide bonds. The van der Waals surface area contributed by atoms with E-state index in [1.165, 1.54) is 7.05 Å². The van der Waals surface area contributed by atoms with Gasteiger partial charge in [0.15, 0.2) is 5.00 Å². The predicted molar refractivity (Wildman–Crippen MR) is 70.3 cm³/mol. The van der Waals surface area contributed by atoms with E-state index < -0.39 is 14.9 Å². The van der Waals surface area contributed by atoms with Gasteiger partial charge in [-0.2, -0.15) is 0 Å². The summed E-state index contributed by atoms with van der Waals surface area (Å²) in [5, 5.41) is 19.4. The van der Waals surface area contributed by atoms with Crippen LogP contribution in [0.5, 0.6) is 0 Å². The second-order valence-corrected chi connectivity index (χ2v) is 6.91. The number of nitrogens with one attached hydrogen (secondary N) is 1. The molecular formula is C8H14N4O5S2. The highest BCUT2D eigenvalue weighted by molar-refractivity contribution is 7.91. The smallest absolute Gasteiger partial charge is 0.306 e. The van der Waals surface area contributed by atoms with Crippen molar-refractivity contribution in [2.75, 3.05) is 25.6 Å². The third kappa shape index (κ3) is 3.39. The number of nitro groups is 1. The van der Waals surface area contributed by atoms with Gasteiger partial charge in [-0.1, -0.05) is 11.3 Å². The van der Waals surface area contributed by atoms with Crippen LogP contribution in [0.15, 0.2) is 10.3 Å². The number of hydrazine groups is 1. The number of aliphatic hydroxyl groups is 1. The molecular weight excluding hydrogens is 296 g/mol. The molecule has 1 heterocycles. The lowest BCUT2D eigenvalue weighted by Gasteiger charge is -2.14. The summed E-state index contributed by atoms with van der Waals surface area (Å²) in [6, 6.07) is 0.963. The van der Waals surface area contributed by atoms with Gasteiger partial charge in [0.1, 0.15) is 4.21 Å². The van der Waals surface area contributed by atoms with Gasteiger partial charge in [0.05, 0.1) is 4.92 Å². The Balaban J connectivity index is 3.11. The zero-order valence-electron chi connectivity index (χ0n) is 10.1. The molecule has 0 saturated heterocycles. The minimum atomic E-state index is -3.82. The van der Waals surface area contributed by atoms with Crippen LogP contribution < -0.4 is 11.3 Å². The van der Waals surface area contributed by atoms with E-state index >= 15 is 0 Å². The van der Waals surface area contributed by atoms with Crippen LogP contribution in [-0.4, -0.2) is 43.0 Å². The van der Waals surface area contributed by atoms with Crippen LogP contribution in [0.2, 0.25) is 0 Å². The van der Waals surface area contributed by atoms with Crippen molar-refractivity contribution in [3.8, 4) is 0 Å². The third-order valence-corrected chi connectivity index (χ3v) is 5.67. The van der Waals surface area contributed by atoms with Crippen molar-refractivity contribution in [1.29, 1.82) is 0 Å². The Kier molecular flexibility index (Phi) is 5.20. The molecule has 19 heavy (non-hydrogen) atoms. The van der Waals surface area contributed by atoms with Gasteiger partial charge in [-0.15, -0.1) is 0 Å². The first-order valence-electron chi connectivity index (χ1n) is 5.16. The molecule has 0 saturated carbocycles. The van der Waals surface area contributed by atoms with E-state index in [2.05, 4.69) is 5.43 Å². The van der Waals surface area contributed by atoms with Gasteiger partial charge in [0.2, 0.25) is 0 Å². The van der Waals surface area contributed by atoms with Gasteiger partial charge in [0, 0.05) is 26.3 Å². The van der Waals surface area contributed by atoms with E-state index in [1.807, 2.05) is 0 Å². The number of nitrogens with zero attached hydrogens (tertiary/aromatic N) is 2. The summed E-state index contributed by atoms with van der Waals surface area (Å²) in [4.78, 5) is 10.0. The average Bonchev–Trinajstić information content (AvgIpc) is 2.80. The first kappa shape index (κ1) is 15.8. The molecule has 1 aromatic rings. The summed E-state index contributed by atoms with van der Waals surface area (Å²) in [5.41, 5.74) is 1.72. The fourth-order valence-corrected chi connectivity index (χ4v) is 3.95. The lowest BCUT2D eigenvalue weighted by atomic mass is 10.5. The topological polar surface area (TPSA) is 139 Å². The summed E-state index contributed by atoms with van der Waals surface area (Å²) in [6.07, 6.45) is 0.283. The Hall–Kier alpha value is -1.27. The molecule has 0 atom stereocenters. The second kappa shape index (κ2) is 6.25. The molecule has 0 spiro atoms. The number of nitrogens with two attached hydrogens (primary N) is 1. The normalized spacial score (nSPS) is 11.8. The van der Waals surface area contributed by atoms with Crippen LogP contribution in [0.4, 0.5) is 10.7 Å². The summed E-state index contributed by atoms with van der Waals surface area (Å²) >= 11 is 0.687. The largest absolute Gasteiger partial charge is 0.396 e. The highest BCUT2D eigenvalue weighted by atomic mass is 32.2. The number of sulfonamides is 1. The predicted octanol–water partition coefficient (Wildman–Crippen LogP) is -0.0552. The van der Waals surface area contributed by atoms with Crippen LogP contribution in [0.25, 0.3) is 0 Å². The maximum absolute atomic E-state index is 12.1. The first-order chi connectivity index (χ1) is 8.84. The molecule has 9 nitrogen and oxygen atoms in total. The molecule has 0 aliphatic rings. The van der Waals surface area contributed by atoms with Crippen molar-refractivity contribution in [2.45, 2.75) is 10.6 Å². The number of aliphatic hydroxyl groups excluding tert-OH is 1. The van der Waals surface area contributed by atoms with E-state index in [4.69, 9.17) is 10.9 Å². The van der Waals surface area contributed by atoms with Crippen LogP contribution in [-0.2, 0) is 10.0 Å². The summed E-state index contributed by atoms with van der Waals surface area (Å²) < 4.78 is 25.1. The van der Waals surface area contributed by atoms with Gasteiger partial charge in [0.25, 0.3) is 10.0 Å². The molecule has 0 bridgehead atoms. The first-order valence-corrected chi connectivity index (χ1v) is 7.42. The molecule has 0 fully saturated rings. The van der Waals surface area contributed by atoms with E-state index in [9.17, 15) is 18.5 Å². The van der Waals surface area contributed by atoms with Crippen molar-refractivity contribution in [2.24, 2.45) is 5.84 Å². The Labute approximate surface area is 113 Å². The van der Waals surface area contributed by atoms with Crippen molar-refractivity contribution >= 4 is 32.0 Å². The molecule has 0 radical (unpaired) electrons. The zero-order valence-corrected chi connectivity index (χ0v) is 11.7. The van der Waals surface area contributed by atoms with Crippen LogP contribution in [0.3, 0.4) is 0 Å². The van der Waals surface area contributed by atoms with Crippen molar-refractivity contribution in [3.63, 3.8) is 0 Å². The zero-order chi connectivity index (χ0) is 14.6. The SMILES string of the molecule is CN(CCCO)S(=O)(=O)c1cc([N+](=O)[O-])c(NN)s1. The monoisotopic (exact) mass is 310 g/mol. The van der Waals surface area contributed by atoms with Crippen molar-refractivity contribution in [1.82, 2.24) is 4.31 Å². The van der Waals surface area contributed by atoms with E-state index in [0.29, 0.717) is 11.3 Å². The number of anilines is 1.